The van der Waals surface area contributed by atoms with Crippen LogP contribution in [0.5, 0.6) is 5.75 Å². The molecule has 0 saturated heterocycles. The average Bonchev–Trinajstić information content (AvgIpc) is 3.11. The van der Waals surface area contributed by atoms with Crippen LogP contribution >= 0.6 is 0 Å². The molecule has 0 aliphatic carbocycles. The van der Waals surface area contributed by atoms with Gasteiger partial charge >= 0.3 is 12.1 Å². The van der Waals surface area contributed by atoms with Crippen LogP contribution in [0, 0.1) is 13.8 Å². The Morgan fingerprint density at radius 3 is 2.41 bits per heavy atom. The van der Waals surface area contributed by atoms with Crippen molar-refractivity contribution in [1.82, 2.24) is 5.32 Å². The van der Waals surface area contributed by atoms with E-state index in [0.29, 0.717) is 30.2 Å². The van der Waals surface area contributed by atoms with Gasteiger partial charge in [0.05, 0.1) is 12.1 Å². The third kappa shape index (κ3) is 6.13. The summed E-state index contributed by atoms with van der Waals surface area (Å²) in [6.45, 7) is 4.64. The highest BCUT2D eigenvalue weighted by molar-refractivity contribution is 5.68. The van der Waals surface area contributed by atoms with Crippen molar-refractivity contribution >= 4 is 5.97 Å². The van der Waals surface area contributed by atoms with Crippen molar-refractivity contribution in [3.8, 4) is 17.1 Å². The molecule has 0 aliphatic rings. The lowest BCUT2D eigenvalue weighted by molar-refractivity contribution is -0.139. The summed E-state index contributed by atoms with van der Waals surface area (Å²) < 4.78 is 49.2. The Hall–Kier alpha value is -3.26. The number of hydrogen-bond donors (Lipinski definition) is 2. The number of ether oxygens (including phenoxy) is 1. The minimum absolute atomic E-state index is 0.378. The van der Waals surface area contributed by atoms with Crippen LogP contribution in [0.25, 0.3) is 11.3 Å². The molecule has 0 bridgehead atoms. The Bertz CT molecular complexity index is 1070. The van der Waals surface area contributed by atoms with Crippen molar-refractivity contribution < 1.29 is 32.2 Å². The summed E-state index contributed by atoms with van der Waals surface area (Å²) in [7, 11) is 0. The van der Waals surface area contributed by atoms with E-state index in [-0.39, 0.29) is 6.61 Å². The first kappa shape index (κ1) is 23.4. The highest BCUT2D eigenvalue weighted by atomic mass is 19.4. The monoisotopic (exact) mass is 447 g/mol. The van der Waals surface area contributed by atoms with Crippen molar-refractivity contribution in [2.75, 3.05) is 13.2 Å². The van der Waals surface area contributed by atoms with Gasteiger partial charge in [-0.25, -0.2) is 4.79 Å². The Balaban J connectivity index is 1.54. The number of carboxylic acid groups (broad SMARTS) is 1. The summed E-state index contributed by atoms with van der Waals surface area (Å²) in [4.78, 5) is 10.6. The summed E-state index contributed by atoms with van der Waals surface area (Å²) in [5.74, 6) is 0.754. The molecule has 1 heterocycles. The van der Waals surface area contributed by atoms with Crippen molar-refractivity contribution in [2.24, 2.45) is 0 Å². The fourth-order valence-corrected chi connectivity index (χ4v) is 3.27. The van der Waals surface area contributed by atoms with Crippen LogP contribution in [0.3, 0.4) is 0 Å². The molecular formula is C24H24F3NO4. The van der Waals surface area contributed by atoms with Gasteiger partial charge in [0.2, 0.25) is 0 Å². The molecule has 8 heteroatoms. The van der Waals surface area contributed by atoms with E-state index in [1.807, 2.05) is 32.0 Å². The average molecular weight is 447 g/mol. The largest absolute Gasteiger partial charge is 0.482 e. The predicted molar refractivity (Wildman–Crippen MR) is 114 cm³/mol. The van der Waals surface area contributed by atoms with Gasteiger partial charge in [0.15, 0.2) is 6.61 Å². The van der Waals surface area contributed by atoms with E-state index >= 15 is 0 Å². The van der Waals surface area contributed by atoms with Crippen LogP contribution in [-0.4, -0.2) is 24.2 Å². The van der Waals surface area contributed by atoms with Gasteiger partial charge in [-0.15, -0.1) is 0 Å². The van der Waals surface area contributed by atoms with Gasteiger partial charge in [-0.2, -0.15) is 13.2 Å². The number of nitrogens with one attached hydrogen (secondary N) is 1. The number of furan rings is 1. The Morgan fingerprint density at radius 1 is 1.06 bits per heavy atom. The fourth-order valence-electron chi connectivity index (χ4n) is 3.27. The second-order valence-corrected chi connectivity index (χ2v) is 7.49. The van der Waals surface area contributed by atoms with Gasteiger partial charge in [-0.3, -0.25) is 0 Å². The number of benzene rings is 2. The summed E-state index contributed by atoms with van der Waals surface area (Å²) in [6.07, 6.45) is -3.60. The Labute approximate surface area is 183 Å². The van der Waals surface area contributed by atoms with E-state index in [0.717, 1.165) is 41.0 Å². The predicted octanol–water partition coefficient (Wildman–Crippen LogP) is 5.38. The number of rotatable bonds is 9. The topological polar surface area (TPSA) is 71.7 Å². The third-order valence-corrected chi connectivity index (χ3v) is 5.05. The fraction of sp³-hybridized carbons (Fsp3) is 0.292. The molecule has 3 aromatic rings. The van der Waals surface area contributed by atoms with E-state index < -0.39 is 17.7 Å². The quantitative estimate of drug-likeness (QED) is 0.431. The SMILES string of the molecule is Cc1cc(OCC(=O)O)ccc1CCNCc1oc(-c2ccc(C(F)(F)F)cc2)cc1C. The van der Waals surface area contributed by atoms with Gasteiger partial charge in [0.1, 0.15) is 17.3 Å². The van der Waals surface area contributed by atoms with Gasteiger partial charge < -0.3 is 19.6 Å². The number of halogens is 3. The molecule has 0 unspecified atom stereocenters. The van der Waals surface area contributed by atoms with Crippen molar-refractivity contribution in [1.29, 1.82) is 0 Å². The van der Waals surface area contributed by atoms with E-state index in [1.165, 1.54) is 12.1 Å². The number of carboxylic acids is 1. The number of carbonyl (C=O) groups is 1. The van der Waals surface area contributed by atoms with Gasteiger partial charge in [0.25, 0.3) is 0 Å². The molecule has 170 valence electrons. The molecule has 32 heavy (non-hydrogen) atoms. The molecule has 1 aromatic heterocycles. The molecular weight excluding hydrogens is 423 g/mol. The summed E-state index contributed by atoms with van der Waals surface area (Å²) >= 11 is 0. The van der Waals surface area contributed by atoms with Crippen LogP contribution in [0.1, 0.15) is 28.0 Å². The smallest absolute Gasteiger partial charge is 0.416 e. The molecule has 3 rings (SSSR count). The van der Waals surface area contributed by atoms with E-state index in [1.54, 1.807) is 6.07 Å². The lowest BCUT2D eigenvalue weighted by Crippen LogP contribution is -2.17. The Morgan fingerprint density at radius 2 is 1.78 bits per heavy atom. The number of hydrogen-bond acceptors (Lipinski definition) is 4. The zero-order valence-corrected chi connectivity index (χ0v) is 17.8. The van der Waals surface area contributed by atoms with Crippen LogP contribution in [0.15, 0.2) is 52.9 Å². The van der Waals surface area contributed by atoms with Gasteiger partial charge in [0, 0.05) is 5.56 Å². The zero-order valence-electron chi connectivity index (χ0n) is 17.8. The maximum absolute atomic E-state index is 12.7. The second-order valence-electron chi connectivity index (χ2n) is 7.49. The van der Waals surface area contributed by atoms with E-state index in [2.05, 4.69) is 5.32 Å². The summed E-state index contributed by atoms with van der Waals surface area (Å²) in [5, 5.41) is 12.0. The molecule has 5 nitrogen and oxygen atoms in total. The minimum Gasteiger partial charge on any atom is -0.482 e. The highest BCUT2D eigenvalue weighted by Gasteiger charge is 2.30. The second kappa shape index (κ2) is 9.91. The number of aliphatic carboxylic acids is 1. The normalized spacial score (nSPS) is 11.5. The first-order chi connectivity index (χ1) is 15.1. The molecule has 0 fully saturated rings. The minimum atomic E-state index is -4.36. The zero-order chi connectivity index (χ0) is 23.3. The van der Waals surface area contributed by atoms with Crippen molar-refractivity contribution in [2.45, 2.75) is 33.0 Å². The molecule has 2 N–H and O–H groups in total. The van der Waals surface area contributed by atoms with E-state index in [9.17, 15) is 18.0 Å². The number of aryl methyl sites for hydroxylation is 2. The van der Waals surface area contributed by atoms with Crippen molar-refractivity contribution in [3.05, 3.63) is 76.5 Å². The highest BCUT2D eigenvalue weighted by Crippen LogP contribution is 2.32. The summed E-state index contributed by atoms with van der Waals surface area (Å²) in [5.41, 5.74) is 2.94. The molecule has 0 amide bonds. The van der Waals surface area contributed by atoms with Crippen LogP contribution in [0.4, 0.5) is 13.2 Å². The van der Waals surface area contributed by atoms with Crippen LogP contribution in [0.2, 0.25) is 0 Å². The number of alkyl halides is 3. The van der Waals surface area contributed by atoms with E-state index in [4.69, 9.17) is 14.3 Å². The van der Waals surface area contributed by atoms with Crippen molar-refractivity contribution in [3.63, 3.8) is 0 Å². The van der Waals surface area contributed by atoms with Crippen LogP contribution in [-0.2, 0) is 23.9 Å². The van der Waals surface area contributed by atoms with Gasteiger partial charge in [-0.1, -0.05) is 18.2 Å². The third-order valence-electron chi connectivity index (χ3n) is 5.05. The molecule has 0 spiro atoms. The molecule has 0 saturated carbocycles. The molecule has 2 aromatic carbocycles. The Kier molecular flexibility index (Phi) is 7.25. The molecule has 0 aliphatic heterocycles. The lowest BCUT2D eigenvalue weighted by Gasteiger charge is -2.10. The maximum atomic E-state index is 12.7. The molecule has 0 atom stereocenters. The first-order valence-corrected chi connectivity index (χ1v) is 10.1. The first-order valence-electron chi connectivity index (χ1n) is 10.1. The standard InChI is InChI=1S/C24H24F3NO4/c1-15-11-20(31-14-23(29)30)8-5-17(15)9-10-28-13-22-16(2)12-21(32-22)18-3-6-19(7-4-18)24(25,26)27/h3-8,11-12,28H,9-10,13-14H2,1-2H3,(H,29,30). The van der Waals surface area contributed by atoms with Crippen LogP contribution < -0.4 is 10.1 Å². The van der Waals surface area contributed by atoms with Gasteiger partial charge in [-0.05, 0) is 73.8 Å². The molecule has 0 radical (unpaired) electrons. The maximum Gasteiger partial charge on any atom is 0.416 e. The summed E-state index contributed by atoms with van der Waals surface area (Å²) in [6, 6.07) is 12.2. The lowest BCUT2D eigenvalue weighted by atomic mass is 10.1.